The van der Waals surface area contributed by atoms with E-state index in [1.54, 1.807) is 11.3 Å². The molecule has 2 aliphatic rings. The Morgan fingerprint density at radius 3 is 2.75 bits per heavy atom. The van der Waals surface area contributed by atoms with Crippen LogP contribution in [-0.2, 0) is 17.8 Å². The van der Waals surface area contributed by atoms with Crippen molar-refractivity contribution in [2.24, 2.45) is 0 Å². The van der Waals surface area contributed by atoms with Gasteiger partial charge in [0.1, 0.15) is 12.4 Å². The molecule has 3 aromatic heterocycles. The van der Waals surface area contributed by atoms with E-state index in [2.05, 4.69) is 19.9 Å². The Kier molecular flexibility index (Phi) is 5.99. The summed E-state index contributed by atoms with van der Waals surface area (Å²) in [4.78, 5) is 23.5. The number of halogens is 3. The Morgan fingerprint density at radius 1 is 1.16 bits per heavy atom. The summed E-state index contributed by atoms with van der Waals surface area (Å²) in [7, 11) is 0. The van der Waals surface area contributed by atoms with Gasteiger partial charge in [0.2, 0.25) is 0 Å². The number of anilines is 1. The third-order valence-corrected chi connectivity index (χ3v) is 6.62. The molecule has 0 spiro atoms. The van der Waals surface area contributed by atoms with Crippen LogP contribution in [0.2, 0.25) is 0 Å². The van der Waals surface area contributed by atoms with E-state index in [0.29, 0.717) is 43.5 Å². The molecule has 12 heteroatoms. The van der Waals surface area contributed by atoms with Crippen LogP contribution in [-0.4, -0.2) is 75.0 Å². The summed E-state index contributed by atoms with van der Waals surface area (Å²) in [5.74, 6) is 1.25. The van der Waals surface area contributed by atoms with E-state index in [0.717, 1.165) is 37.0 Å². The molecule has 0 aromatic carbocycles. The Morgan fingerprint density at radius 2 is 2.00 bits per heavy atom. The Labute approximate surface area is 187 Å². The van der Waals surface area contributed by atoms with Crippen molar-refractivity contribution in [3.05, 3.63) is 28.7 Å². The SMILES string of the molecule is FC(F)(F)Cn1cnc2c(N3CCOCC3)nc(C3CCCN(Cc4cncs4)C3)nc21. The molecule has 0 radical (unpaired) electrons. The van der Waals surface area contributed by atoms with Gasteiger partial charge in [-0.05, 0) is 19.4 Å². The van der Waals surface area contributed by atoms with Crippen LogP contribution in [0.15, 0.2) is 18.0 Å². The number of morpholine rings is 1. The van der Waals surface area contributed by atoms with E-state index in [-0.39, 0.29) is 11.6 Å². The first kappa shape index (κ1) is 21.5. The molecular weight excluding hydrogens is 443 g/mol. The second-order valence-electron chi connectivity index (χ2n) is 8.21. The largest absolute Gasteiger partial charge is 0.406 e. The van der Waals surface area contributed by atoms with Crippen LogP contribution in [0.25, 0.3) is 11.2 Å². The third kappa shape index (κ3) is 4.71. The van der Waals surface area contributed by atoms with E-state index in [1.165, 1.54) is 11.2 Å². The van der Waals surface area contributed by atoms with Crippen LogP contribution >= 0.6 is 11.3 Å². The van der Waals surface area contributed by atoms with E-state index in [9.17, 15) is 13.2 Å². The highest BCUT2D eigenvalue weighted by molar-refractivity contribution is 7.09. The fourth-order valence-electron chi connectivity index (χ4n) is 4.38. The van der Waals surface area contributed by atoms with Crippen molar-refractivity contribution in [2.75, 3.05) is 44.3 Å². The smallest absolute Gasteiger partial charge is 0.378 e. The Balaban J connectivity index is 1.49. The van der Waals surface area contributed by atoms with E-state index in [1.807, 2.05) is 16.6 Å². The quantitative estimate of drug-likeness (QED) is 0.571. The number of imidazole rings is 1. The van der Waals surface area contributed by atoms with Crippen LogP contribution in [0, 0.1) is 0 Å². The summed E-state index contributed by atoms with van der Waals surface area (Å²) in [5, 5.41) is 0. The highest BCUT2D eigenvalue weighted by Crippen LogP contribution is 2.31. The fourth-order valence-corrected chi connectivity index (χ4v) is 5.02. The van der Waals surface area contributed by atoms with Gasteiger partial charge < -0.3 is 14.2 Å². The maximum absolute atomic E-state index is 13.2. The molecule has 32 heavy (non-hydrogen) atoms. The normalized spacial score (nSPS) is 20.8. The van der Waals surface area contributed by atoms with Crippen molar-refractivity contribution in [3.8, 4) is 0 Å². The number of hydrogen-bond donors (Lipinski definition) is 0. The lowest BCUT2D eigenvalue weighted by Crippen LogP contribution is -2.38. The minimum atomic E-state index is -4.35. The first-order chi connectivity index (χ1) is 15.5. The summed E-state index contributed by atoms with van der Waals surface area (Å²) >= 11 is 1.62. The lowest BCUT2D eigenvalue weighted by Gasteiger charge is -2.32. The Hall–Kier alpha value is -2.31. The fraction of sp³-hybridized carbons (Fsp3) is 0.600. The van der Waals surface area contributed by atoms with Gasteiger partial charge >= 0.3 is 6.18 Å². The van der Waals surface area contributed by atoms with Gasteiger partial charge in [0.25, 0.3) is 0 Å². The summed E-state index contributed by atoms with van der Waals surface area (Å²) in [6.45, 7) is 3.78. The molecule has 0 amide bonds. The van der Waals surface area contributed by atoms with Gasteiger partial charge in [-0.2, -0.15) is 13.2 Å². The highest BCUT2D eigenvalue weighted by Gasteiger charge is 2.31. The maximum atomic E-state index is 13.2. The molecule has 2 aliphatic heterocycles. The maximum Gasteiger partial charge on any atom is 0.406 e. The molecule has 3 aromatic rings. The number of rotatable bonds is 5. The van der Waals surface area contributed by atoms with E-state index < -0.39 is 12.7 Å². The van der Waals surface area contributed by atoms with Crippen LogP contribution in [0.3, 0.4) is 0 Å². The van der Waals surface area contributed by atoms with Gasteiger partial charge in [-0.25, -0.2) is 15.0 Å². The van der Waals surface area contributed by atoms with Crippen LogP contribution in [0.4, 0.5) is 19.0 Å². The van der Waals surface area contributed by atoms with Gasteiger partial charge in [0, 0.05) is 43.2 Å². The average molecular weight is 468 g/mol. The minimum absolute atomic E-state index is 0.0510. The standard InChI is InChI=1S/C20H24F3N7OS/c21-20(22,23)11-30-12-25-16-18(29-4-6-31-7-5-29)26-17(27-19(16)30)14-2-1-3-28(9-14)10-15-8-24-13-32-15/h8,12-14H,1-7,9-11H2. The van der Waals surface area contributed by atoms with Gasteiger partial charge in [-0.15, -0.1) is 11.3 Å². The second kappa shape index (κ2) is 8.91. The molecule has 5 rings (SSSR count). The summed E-state index contributed by atoms with van der Waals surface area (Å²) in [6.07, 6.45) is 0.634. The topological polar surface area (TPSA) is 72.2 Å². The van der Waals surface area contributed by atoms with Crippen LogP contribution < -0.4 is 4.90 Å². The minimum Gasteiger partial charge on any atom is -0.378 e. The first-order valence-electron chi connectivity index (χ1n) is 10.7. The molecule has 1 unspecified atom stereocenters. The number of fused-ring (bicyclic) bond motifs is 1. The molecule has 0 aliphatic carbocycles. The van der Waals surface area contributed by atoms with Crippen molar-refractivity contribution < 1.29 is 17.9 Å². The van der Waals surface area contributed by atoms with Crippen molar-refractivity contribution in [2.45, 2.75) is 38.0 Å². The van der Waals surface area contributed by atoms with Gasteiger partial charge in [0.15, 0.2) is 17.0 Å². The molecule has 2 saturated heterocycles. The van der Waals surface area contributed by atoms with E-state index >= 15 is 0 Å². The Bertz CT molecular complexity index is 1050. The predicted molar refractivity (Wildman–Crippen MR) is 114 cm³/mol. The number of aromatic nitrogens is 5. The van der Waals surface area contributed by atoms with Crippen molar-refractivity contribution in [3.63, 3.8) is 0 Å². The lowest BCUT2D eigenvalue weighted by atomic mass is 9.97. The molecule has 0 N–H and O–H groups in total. The molecule has 0 saturated carbocycles. The monoisotopic (exact) mass is 467 g/mol. The summed E-state index contributed by atoms with van der Waals surface area (Å²) < 4.78 is 46.0. The van der Waals surface area contributed by atoms with Crippen LogP contribution in [0.1, 0.15) is 29.5 Å². The molecular formula is C20H24F3N7OS. The zero-order valence-corrected chi connectivity index (χ0v) is 18.3. The van der Waals surface area contributed by atoms with Crippen LogP contribution in [0.5, 0.6) is 0 Å². The number of ether oxygens (including phenoxy) is 1. The highest BCUT2D eigenvalue weighted by atomic mass is 32.1. The molecule has 172 valence electrons. The zero-order chi connectivity index (χ0) is 22.1. The molecule has 8 nitrogen and oxygen atoms in total. The molecule has 0 bridgehead atoms. The van der Waals surface area contributed by atoms with Crippen molar-refractivity contribution >= 4 is 28.3 Å². The van der Waals surface area contributed by atoms with Gasteiger partial charge in [-0.3, -0.25) is 9.88 Å². The van der Waals surface area contributed by atoms with Crippen molar-refractivity contribution in [1.82, 2.24) is 29.4 Å². The van der Waals surface area contributed by atoms with Gasteiger partial charge in [-0.1, -0.05) is 0 Å². The zero-order valence-electron chi connectivity index (χ0n) is 17.5. The summed E-state index contributed by atoms with van der Waals surface area (Å²) in [5.41, 5.74) is 2.48. The average Bonchev–Trinajstić information content (AvgIpc) is 3.43. The molecule has 2 fully saturated rings. The lowest BCUT2D eigenvalue weighted by molar-refractivity contribution is -0.140. The number of hydrogen-bond acceptors (Lipinski definition) is 8. The number of alkyl halides is 3. The first-order valence-corrected chi connectivity index (χ1v) is 11.6. The van der Waals surface area contributed by atoms with Gasteiger partial charge in [0.05, 0.1) is 25.1 Å². The molecule has 5 heterocycles. The van der Waals surface area contributed by atoms with Crippen molar-refractivity contribution in [1.29, 1.82) is 0 Å². The predicted octanol–water partition coefficient (Wildman–Crippen LogP) is 3.06. The number of nitrogens with zero attached hydrogens (tertiary/aromatic N) is 7. The number of piperidine rings is 1. The summed E-state index contributed by atoms with van der Waals surface area (Å²) in [6, 6.07) is 0. The third-order valence-electron chi connectivity index (χ3n) is 5.86. The number of thiazole rings is 1. The van der Waals surface area contributed by atoms with E-state index in [4.69, 9.17) is 9.72 Å². The second-order valence-corrected chi connectivity index (χ2v) is 9.18. The molecule has 1 atom stereocenters. The number of likely N-dealkylation sites (tertiary alicyclic amines) is 1.